The smallest absolute Gasteiger partial charge is 0.335 e. The molecule has 1 N–H and O–H groups in total. The van der Waals surface area contributed by atoms with E-state index in [1.807, 2.05) is 0 Å². The Bertz CT molecular complexity index is 1350. The van der Waals surface area contributed by atoms with E-state index < -0.39 is 23.7 Å². The molecular formula is C25H17FN2O6. The van der Waals surface area contributed by atoms with Crippen molar-refractivity contribution in [3.8, 4) is 17.2 Å². The number of carbonyl (C=O) groups excluding carboxylic acids is 3. The second kappa shape index (κ2) is 8.70. The first kappa shape index (κ1) is 21.2. The highest BCUT2D eigenvalue weighted by molar-refractivity contribution is 6.39. The lowest BCUT2D eigenvalue weighted by Gasteiger charge is -2.26. The van der Waals surface area contributed by atoms with Gasteiger partial charge in [-0.3, -0.25) is 14.9 Å². The second-order valence-electron chi connectivity index (χ2n) is 7.41. The van der Waals surface area contributed by atoms with Crippen LogP contribution in [0.25, 0.3) is 6.08 Å². The summed E-state index contributed by atoms with van der Waals surface area (Å²) in [6, 6.07) is 16.6. The standard InChI is InChI=1S/C25H17FN2O6/c26-19-7-3-1-6-16(19)13-32-20-8-4-2-5-15(20)11-18-23(29)27-25(31)28(24(18)30)17-9-10-21-22(12-17)34-14-33-21/h1-12H,13-14H2,(H,27,29,31)/b18-11+. The van der Waals surface area contributed by atoms with E-state index in [1.54, 1.807) is 48.5 Å². The molecule has 0 saturated carbocycles. The maximum absolute atomic E-state index is 13.9. The van der Waals surface area contributed by atoms with E-state index in [2.05, 4.69) is 5.32 Å². The molecular weight excluding hydrogens is 443 g/mol. The summed E-state index contributed by atoms with van der Waals surface area (Å²) in [4.78, 5) is 39.1. The van der Waals surface area contributed by atoms with Gasteiger partial charge in [0.2, 0.25) is 6.79 Å². The third-order valence-corrected chi connectivity index (χ3v) is 5.28. The van der Waals surface area contributed by atoms with Crippen LogP contribution in [0.3, 0.4) is 0 Å². The number of nitrogens with zero attached hydrogens (tertiary/aromatic N) is 1. The molecule has 3 aromatic rings. The molecule has 3 aromatic carbocycles. The Morgan fingerprint density at radius 3 is 2.59 bits per heavy atom. The summed E-state index contributed by atoms with van der Waals surface area (Å²) in [7, 11) is 0. The molecule has 2 heterocycles. The normalized spacial score (nSPS) is 16.1. The van der Waals surface area contributed by atoms with Gasteiger partial charge in [-0.2, -0.15) is 0 Å². The summed E-state index contributed by atoms with van der Waals surface area (Å²) in [5, 5.41) is 2.18. The van der Waals surface area contributed by atoms with Crippen molar-refractivity contribution in [3.05, 3.63) is 89.2 Å². The van der Waals surface area contributed by atoms with Gasteiger partial charge in [-0.25, -0.2) is 14.1 Å². The summed E-state index contributed by atoms with van der Waals surface area (Å²) in [6.45, 7) is -0.0129. The number of benzene rings is 3. The molecule has 0 spiro atoms. The minimum Gasteiger partial charge on any atom is -0.488 e. The van der Waals surface area contributed by atoms with Crippen molar-refractivity contribution in [1.82, 2.24) is 5.32 Å². The van der Waals surface area contributed by atoms with Crippen LogP contribution in [0, 0.1) is 5.82 Å². The van der Waals surface area contributed by atoms with Crippen LogP contribution < -0.4 is 24.4 Å². The molecule has 0 bridgehead atoms. The Kier molecular flexibility index (Phi) is 5.43. The maximum atomic E-state index is 13.9. The van der Waals surface area contributed by atoms with Gasteiger partial charge in [-0.15, -0.1) is 0 Å². The number of amides is 4. The zero-order chi connectivity index (χ0) is 23.7. The van der Waals surface area contributed by atoms with Crippen LogP contribution in [-0.4, -0.2) is 24.6 Å². The van der Waals surface area contributed by atoms with Crippen LogP contribution in [-0.2, 0) is 16.2 Å². The molecule has 8 nitrogen and oxygen atoms in total. The van der Waals surface area contributed by atoms with Gasteiger partial charge < -0.3 is 14.2 Å². The summed E-state index contributed by atoms with van der Waals surface area (Å²) in [6.07, 6.45) is 1.33. The molecule has 9 heteroatoms. The summed E-state index contributed by atoms with van der Waals surface area (Å²) < 4.78 is 30.3. The Balaban J connectivity index is 1.45. The van der Waals surface area contributed by atoms with E-state index in [9.17, 15) is 18.8 Å². The van der Waals surface area contributed by atoms with E-state index in [0.717, 1.165) is 4.90 Å². The number of para-hydroxylation sites is 1. The fraction of sp³-hybridized carbons (Fsp3) is 0.0800. The molecule has 1 saturated heterocycles. The lowest BCUT2D eigenvalue weighted by Crippen LogP contribution is -2.54. The number of imide groups is 2. The largest absolute Gasteiger partial charge is 0.488 e. The number of anilines is 1. The Morgan fingerprint density at radius 1 is 0.971 bits per heavy atom. The molecule has 2 aliphatic heterocycles. The first-order chi connectivity index (χ1) is 16.5. The van der Waals surface area contributed by atoms with Crippen LogP contribution >= 0.6 is 0 Å². The molecule has 2 aliphatic rings. The van der Waals surface area contributed by atoms with Crippen LogP contribution in [0.1, 0.15) is 11.1 Å². The van der Waals surface area contributed by atoms with Crippen molar-refractivity contribution in [2.45, 2.75) is 6.61 Å². The van der Waals surface area contributed by atoms with Crippen LogP contribution in [0.15, 0.2) is 72.3 Å². The van der Waals surface area contributed by atoms with Gasteiger partial charge >= 0.3 is 6.03 Å². The summed E-state index contributed by atoms with van der Waals surface area (Å²) in [5.41, 5.74) is 0.724. The van der Waals surface area contributed by atoms with E-state index in [0.29, 0.717) is 28.4 Å². The second-order valence-corrected chi connectivity index (χ2v) is 7.41. The van der Waals surface area contributed by atoms with E-state index >= 15 is 0 Å². The maximum Gasteiger partial charge on any atom is 0.335 e. The van der Waals surface area contributed by atoms with Gasteiger partial charge in [-0.1, -0.05) is 36.4 Å². The molecule has 170 valence electrons. The fourth-order valence-corrected chi connectivity index (χ4v) is 3.57. The number of ether oxygens (including phenoxy) is 3. The lowest BCUT2D eigenvalue weighted by molar-refractivity contribution is -0.122. The summed E-state index contributed by atoms with van der Waals surface area (Å²) >= 11 is 0. The lowest BCUT2D eigenvalue weighted by atomic mass is 10.1. The van der Waals surface area contributed by atoms with Crippen molar-refractivity contribution in [2.75, 3.05) is 11.7 Å². The van der Waals surface area contributed by atoms with Gasteiger partial charge in [0.25, 0.3) is 11.8 Å². The number of rotatable bonds is 5. The number of carbonyl (C=O) groups is 3. The molecule has 34 heavy (non-hydrogen) atoms. The zero-order valence-corrected chi connectivity index (χ0v) is 17.6. The molecule has 0 aromatic heterocycles. The Hall–Kier alpha value is -4.66. The van der Waals surface area contributed by atoms with E-state index in [-0.39, 0.29) is 24.7 Å². The van der Waals surface area contributed by atoms with Gasteiger partial charge in [0.1, 0.15) is 23.7 Å². The molecule has 5 rings (SSSR count). The fourth-order valence-electron chi connectivity index (χ4n) is 3.57. The first-order valence-corrected chi connectivity index (χ1v) is 10.3. The van der Waals surface area contributed by atoms with E-state index in [1.165, 1.54) is 24.3 Å². The average Bonchev–Trinajstić information content (AvgIpc) is 3.30. The topological polar surface area (TPSA) is 94.2 Å². The molecule has 0 radical (unpaired) electrons. The molecule has 1 fully saturated rings. The molecule has 4 amide bonds. The van der Waals surface area contributed by atoms with Gasteiger partial charge in [-0.05, 0) is 30.3 Å². The van der Waals surface area contributed by atoms with E-state index in [4.69, 9.17) is 14.2 Å². The highest BCUT2D eigenvalue weighted by atomic mass is 19.1. The third-order valence-electron chi connectivity index (χ3n) is 5.28. The first-order valence-electron chi connectivity index (χ1n) is 10.3. The Morgan fingerprint density at radius 2 is 1.74 bits per heavy atom. The van der Waals surface area contributed by atoms with Crippen LogP contribution in [0.2, 0.25) is 0 Å². The predicted octanol–water partition coefficient (Wildman–Crippen LogP) is 3.80. The van der Waals surface area contributed by atoms with Crippen molar-refractivity contribution in [1.29, 1.82) is 0 Å². The Labute approximate surface area is 193 Å². The number of halogens is 1. The average molecular weight is 460 g/mol. The van der Waals surface area contributed by atoms with Gasteiger partial charge in [0.15, 0.2) is 11.5 Å². The van der Waals surface area contributed by atoms with Crippen molar-refractivity contribution >= 4 is 29.6 Å². The number of barbiturate groups is 1. The van der Waals surface area contributed by atoms with Crippen LogP contribution in [0.4, 0.5) is 14.9 Å². The highest BCUT2D eigenvalue weighted by Crippen LogP contribution is 2.36. The van der Waals surface area contributed by atoms with Crippen molar-refractivity contribution < 1.29 is 33.0 Å². The predicted molar refractivity (Wildman–Crippen MR) is 119 cm³/mol. The third kappa shape index (κ3) is 3.95. The monoisotopic (exact) mass is 460 g/mol. The molecule has 0 unspecified atom stereocenters. The van der Waals surface area contributed by atoms with Gasteiger partial charge in [0.05, 0.1) is 5.69 Å². The zero-order valence-electron chi connectivity index (χ0n) is 17.6. The SMILES string of the molecule is O=C1NC(=O)N(c2ccc3c(c2)OCO3)C(=O)/C1=C/c1ccccc1OCc1ccccc1F. The molecule has 0 atom stereocenters. The number of nitrogens with one attached hydrogen (secondary N) is 1. The molecule has 0 aliphatic carbocycles. The minimum absolute atomic E-state index is 0.0340. The minimum atomic E-state index is -0.880. The highest BCUT2D eigenvalue weighted by Gasteiger charge is 2.37. The number of urea groups is 1. The van der Waals surface area contributed by atoms with Crippen LogP contribution in [0.5, 0.6) is 17.2 Å². The summed E-state index contributed by atoms with van der Waals surface area (Å²) in [5.74, 6) is -0.843. The van der Waals surface area contributed by atoms with Crippen molar-refractivity contribution in [3.63, 3.8) is 0 Å². The van der Waals surface area contributed by atoms with Crippen molar-refractivity contribution in [2.24, 2.45) is 0 Å². The number of hydrogen-bond donors (Lipinski definition) is 1. The number of hydrogen-bond acceptors (Lipinski definition) is 6. The number of fused-ring (bicyclic) bond motifs is 1. The quantitative estimate of drug-likeness (QED) is 0.460. The van der Waals surface area contributed by atoms with Gasteiger partial charge in [0, 0.05) is 17.2 Å².